The quantitative estimate of drug-likeness (QED) is 0.418. The number of nitro groups is 1. The van der Waals surface area contributed by atoms with E-state index in [4.69, 9.17) is 9.47 Å². The van der Waals surface area contributed by atoms with Crippen molar-refractivity contribution in [3.8, 4) is 11.5 Å². The zero-order valence-corrected chi connectivity index (χ0v) is 15.7. The van der Waals surface area contributed by atoms with Crippen LogP contribution in [0, 0.1) is 10.1 Å². The Labute approximate surface area is 160 Å². The van der Waals surface area contributed by atoms with E-state index in [2.05, 4.69) is 10.5 Å². The summed E-state index contributed by atoms with van der Waals surface area (Å²) in [6, 6.07) is 5.68. The summed E-state index contributed by atoms with van der Waals surface area (Å²) in [7, 11) is 2.89. The van der Waals surface area contributed by atoms with E-state index in [1.165, 1.54) is 49.3 Å². The van der Waals surface area contributed by atoms with E-state index in [1.807, 2.05) is 6.92 Å². The first-order valence-electron chi connectivity index (χ1n) is 8.37. The fraction of sp³-hybridized carbons (Fsp3) is 0.278. The first-order chi connectivity index (χ1) is 13.4. The van der Waals surface area contributed by atoms with E-state index in [0.29, 0.717) is 18.6 Å². The van der Waals surface area contributed by atoms with Crippen molar-refractivity contribution in [2.24, 2.45) is 12.1 Å². The largest absolute Gasteiger partial charge is 0.493 e. The molecule has 148 valence electrons. The molecule has 28 heavy (non-hydrogen) atoms. The zero-order valence-electron chi connectivity index (χ0n) is 15.7. The molecule has 1 amide bonds. The number of aryl methyl sites for hydroxylation is 1. The van der Waals surface area contributed by atoms with Gasteiger partial charge in [-0.05, 0) is 24.6 Å². The minimum absolute atomic E-state index is 0.0308. The molecule has 0 unspecified atom stereocenters. The zero-order chi connectivity index (χ0) is 20.7. The van der Waals surface area contributed by atoms with Gasteiger partial charge in [-0.25, -0.2) is 5.43 Å². The number of rotatable bonds is 8. The van der Waals surface area contributed by atoms with Crippen LogP contribution in [0.25, 0.3) is 0 Å². The van der Waals surface area contributed by atoms with Crippen LogP contribution in [0.1, 0.15) is 29.3 Å². The van der Waals surface area contributed by atoms with Crippen LogP contribution < -0.4 is 20.5 Å². The minimum Gasteiger partial charge on any atom is -0.493 e. The van der Waals surface area contributed by atoms with Gasteiger partial charge in [-0.1, -0.05) is 6.92 Å². The van der Waals surface area contributed by atoms with Crippen molar-refractivity contribution >= 4 is 17.8 Å². The Morgan fingerprint density at radius 1 is 1.43 bits per heavy atom. The number of carbonyl (C=O) groups is 1. The Kier molecular flexibility index (Phi) is 6.85. The molecule has 1 aromatic carbocycles. The van der Waals surface area contributed by atoms with Gasteiger partial charge in [-0.2, -0.15) is 5.10 Å². The predicted octanol–water partition coefficient (Wildman–Crippen LogP) is 1.85. The maximum atomic E-state index is 12.1. The first-order valence-corrected chi connectivity index (χ1v) is 8.37. The number of methoxy groups -OCH3 is 1. The van der Waals surface area contributed by atoms with Gasteiger partial charge in [-0.3, -0.25) is 19.7 Å². The minimum atomic E-state index is -0.693. The van der Waals surface area contributed by atoms with E-state index in [9.17, 15) is 19.7 Å². The second-order valence-corrected chi connectivity index (χ2v) is 5.71. The lowest BCUT2D eigenvalue weighted by Crippen LogP contribution is -2.29. The van der Waals surface area contributed by atoms with Crippen molar-refractivity contribution in [3.63, 3.8) is 0 Å². The number of hydrogen-bond acceptors (Lipinski definition) is 7. The number of ether oxygens (including phenoxy) is 2. The number of carbonyl (C=O) groups excluding carboxylic acids is 1. The predicted molar refractivity (Wildman–Crippen MR) is 102 cm³/mol. The molecule has 0 atom stereocenters. The molecule has 0 aliphatic carbocycles. The van der Waals surface area contributed by atoms with Gasteiger partial charge in [0.05, 0.1) is 24.9 Å². The number of nitrogens with zero attached hydrogens (tertiary/aromatic N) is 3. The molecule has 10 nitrogen and oxygen atoms in total. The molecule has 2 aromatic rings. The van der Waals surface area contributed by atoms with Crippen LogP contribution >= 0.6 is 0 Å². The monoisotopic (exact) mass is 388 g/mol. The summed E-state index contributed by atoms with van der Waals surface area (Å²) in [4.78, 5) is 34.8. The summed E-state index contributed by atoms with van der Waals surface area (Å²) in [5.74, 6) is -0.488. The normalized spacial score (nSPS) is 10.7. The molecular weight excluding hydrogens is 368 g/mol. The standard InChI is InChI=1S/C18H20N4O6/c1-4-8-28-16-14(22(25)26)9-12(10-15(16)27-3)11-19-20-17(23)13-6-5-7-21(2)18(13)24/h5-7,9-11H,4,8H2,1-3H3,(H,20,23)/b19-11-. The van der Waals surface area contributed by atoms with Gasteiger partial charge in [0.1, 0.15) is 5.56 Å². The number of benzene rings is 1. The van der Waals surface area contributed by atoms with Crippen LogP contribution in [0.15, 0.2) is 40.4 Å². The third-order valence-corrected chi connectivity index (χ3v) is 3.67. The molecule has 0 aliphatic heterocycles. The molecule has 0 saturated carbocycles. The number of amides is 1. The number of aromatic nitrogens is 1. The first kappa shape index (κ1) is 20.6. The second kappa shape index (κ2) is 9.31. The Hall–Kier alpha value is -3.69. The van der Waals surface area contributed by atoms with Gasteiger partial charge in [-0.15, -0.1) is 0 Å². The lowest BCUT2D eigenvalue weighted by atomic mass is 10.2. The Morgan fingerprint density at radius 3 is 2.82 bits per heavy atom. The summed E-state index contributed by atoms with van der Waals surface area (Å²) in [6.45, 7) is 2.18. The maximum absolute atomic E-state index is 12.1. The number of pyridine rings is 1. The molecule has 2 rings (SSSR count). The van der Waals surface area contributed by atoms with Gasteiger partial charge in [0.25, 0.3) is 11.5 Å². The van der Waals surface area contributed by atoms with Gasteiger partial charge < -0.3 is 14.0 Å². The Bertz CT molecular complexity index is 967. The van der Waals surface area contributed by atoms with Gasteiger partial charge >= 0.3 is 5.69 Å². The van der Waals surface area contributed by atoms with E-state index in [0.717, 1.165) is 0 Å². The average molecular weight is 388 g/mol. The molecule has 0 aliphatic rings. The molecule has 1 aromatic heterocycles. The highest BCUT2D eigenvalue weighted by molar-refractivity contribution is 5.94. The van der Waals surface area contributed by atoms with Gasteiger partial charge in [0.2, 0.25) is 5.75 Å². The van der Waals surface area contributed by atoms with E-state index >= 15 is 0 Å². The van der Waals surface area contributed by atoms with E-state index < -0.39 is 16.4 Å². The van der Waals surface area contributed by atoms with Crippen molar-refractivity contribution in [1.29, 1.82) is 0 Å². The van der Waals surface area contributed by atoms with Crippen LogP contribution in [0.4, 0.5) is 5.69 Å². The summed E-state index contributed by atoms with van der Waals surface area (Å²) in [5.41, 5.74) is 1.72. The van der Waals surface area contributed by atoms with Crippen LogP contribution in [0.5, 0.6) is 11.5 Å². The van der Waals surface area contributed by atoms with Gasteiger partial charge in [0, 0.05) is 24.9 Å². The molecular formula is C18H20N4O6. The maximum Gasteiger partial charge on any atom is 0.315 e. The molecule has 10 heteroatoms. The van der Waals surface area contributed by atoms with Crippen molar-refractivity contribution in [2.75, 3.05) is 13.7 Å². The van der Waals surface area contributed by atoms with Crippen LogP contribution in [-0.4, -0.2) is 35.3 Å². The fourth-order valence-electron chi connectivity index (χ4n) is 2.32. The summed E-state index contributed by atoms with van der Waals surface area (Å²) < 4.78 is 11.9. The van der Waals surface area contributed by atoms with Crippen LogP contribution in [0.3, 0.4) is 0 Å². The van der Waals surface area contributed by atoms with Crippen LogP contribution in [-0.2, 0) is 7.05 Å². The highest BCUT2D eigenvalue weighted by Crippen LogP contribution is 2.38. The summed E-state index contributed by atoms with van der Waals surface area (Å²) >= 11 is 0. The third kappa shape index (κ3) is 4.72. The highest BCUT2D eigenvalue weighted by Gasteiger charge is 2.22. The summed E-state index contributed by atoms with van der Waals surface area (Å²) in [6.07, 6.45) is 3.41. The lowest BCUT2D eigenvalue weighted by Gasteiger charge is -2.11. The van der Waals surface area contributed by atoms with Crippen molar-refractivity contribution in [1.82, 2.24) is 9.99 Å². The topological polar surface area (TPSA) is 125 Å². The fourth-order valence-corrected chi connectivity index (χ4v) is 2.32. The SMILES string of the molecule is CCCOc1c(OC)cc(/C=N\NC(=O)c2cccn(C)c2=O)cc1[N+](=O)[O-]. The average Bonchev–Trinajstić information content (AvgIpc) is 2.68. The molecule has 0 bridgehead atoms. The van der Waals surface area contributed by atoms with Gasteiger partial charge in [0.15, 0.2) is 5.75 Å². The molecule has 0 radical (unpaired) electrons. The highest BCUT2D eigenvalue weighted by atomic mass is 16.6. The number of hydrazone groups is 1. The van der Waals surface area contributed by atoms with E-state index in [1.54, 1.807) is 6.07 Å². The number of nitrogens with one attached hydrogen (secondary N) is 1. The second-order valence-electron chi connectivity index (χ2n) is 5.71. The molecule has 0 saturated heterocycles. The number of hydrogen-bond donors (Lipinski definition) is 1. The van der Waals surface area contributed by atoms with E-state index in [-0.39, 0.29) is 22.7 Å². The Balaban J connectivity index is 2.26. The Morgan fingerprint density at radius 2 is 2.18 bits per heavy atom. The van der Waals surface area contributed by atoms with Crippen molar-refractivity contribution in [2.45, 2.75) is 13.3 Å². The smallest absolute Gasteiger partial charge is 0.315 e. The molecule has 0 fully saturated rings. The summed E-state index contributed by atoms with van der Waals surface area (Å²) in [5, 5.41) is 15.1. The molecule has 0 spiro atoms. The van der Waals surface area contributed by atoms with Crippen molar-refractivity contribution in [3.05, 3.63) is 62.1 Å². The van der Waals surface area contributed by atoms with Crippen molar-refractivity contribution < 1.29 is 19.2 Å². The van der Waals surface area contributed by atoms with Crippen LogP contribution in [0.2, 0.25) is 0 Å². The number of nitro benzene ring substituents is 1. The lowest BCUT2D eigenvalue weighted by molar-refractivity contribution is -0.386. The molecule has 1 N–H and O–H groups in total. The molecule has 1 heterocycles. The third-order valence-electron chi connectivity index (χ3n) is 3.67.